The Bertz CT molecular complexity index is 769. The molecule has 0 saturated carbocycles. The molecule has 0 heterocycles. The van der Waals surface area contributed by atoms with Gasteiger partial charge in [-0.05, 0) is 48.9 Å². The Balaban J connectivity index is 2.15. The van der Waals surface area contributed by atoms with Crippen LogP contribution in [-0.4, -0.2) is 23.6 Å². The second-order valence-corrected chi connectivity index (χ2v) is 5.26. The summed E-state index contributed by atoms with van der Waals surface area (Å²) in [5.74, 6) is -0.896. The molecular weight excluding hydrogens is 330 g/mol. The Hall–Kier alpha value is -2.79. The molecule has 2 N–H and O–H groups in total. The number of hydrogen-bond acceptors (Lipinski definition) is 3. The van der Waals surface area contributed by atoms with Crippen molar-refractivity contribution in [2.75, 3.05) is 11.9 Å². The van der Waals surface area contributed by atoms with Gasteiger partial charge in [0.15, 0.2) is 0 Å². The molecule has 2 rings (SSSR count). The lowest BCUT2D eigenvalue weighted by Gasteiger charge is -2.11. The van der Waals surface area contributed by atoms with Gasteiger partial charge in [0.1, 0.15) is 5.75 Å². The lowest BCUT2D eigenvalue weighted by Crippen LogP contribution is -2.13. The zero-order valence-corrected chi connectivity index (χ0v) is 13.7. The van der Waals surface area contributed by atoms with E-state index in [1.54, 1.807) is 42.5 Å². The van der Waals surface area contributed by atoms with Gasteiger partial charge in [-0.1, -0.05) is 23.7 Å². The van der Waals surface area contributed by atoms with Gasteiger partial charge in [0, 0.05) is 16.8 Å². The van der Waals surface area contributed by atoms with E-state index in [1.165, 1.54) is 6.08 Å². The Morgan fingerprint density at radius 1 is 1.21 bits per heavy atom. The Kier molecular flexibility index (Phi) is 5.98. The van der Waals surface area contributed by atoms with E-state index in [2.05, 4.69) is 5.32 Å². The average Bonchev–Trinajstić information content (AvgIpc) is 2.56. The summed E-state index contributed by atoms with van der Waals surface area (Å²) in [6, 6.07) is 11.6. The molecule has 0 spiro atoms. The van der Waals surface area contributed by atoms with E-state index in [0.717, 1.165) is 6.08 Å². The normalized spacial score (nSPS) is 10.6. The third-order valence-electron chi connectivity index (χ3n) is 3.07. The van der Waals surface area contributed by atoms with Gasteiger partial charge in [-0.15, -0.1) is 0 Å². The topological polar surface area (TPSA) is 75.6 Å². The largest absolute Gasteiger partial charge is 0.493 e. The van der Waals surface area contributed by atoms with Crippen LogP contribution >= 0.6 is 11.6 Å². The first-order valence-electron chi connectivity index (χ1n) is 7.24. The van der Waals surface area contributed by atoms with Crippen LogP contribution in [0.4, 0.5) is 5.69 Å². The number of aliphatic carboxylic acids is 1. The maximum Gasteiger partial charge on any atom is 0.328 e. The number of anilines is 1. The van der Waals surface area contributed by atoms with Crippen molar-refractivity contribution in [2.45, 2.75) is 6.92 Å². The standard InChI is InChI=1S/C18H16ClNO4/c1-2-24-16-9-6-13(19)11-15(16)18(23)20-14-7-3-12(4-8-14)5-10-17(21)22/h3-11H,2H2,1H3,(H,20,23)(H,21,22). The molecule has 0 aliphatic rings. The van der Waals surface area contributed by atoms with Crippen molar-refractivity contribution < 1.29 is 19.4 Å². The predicted octanol–water partition coefficient (Wildman–Crippen LogP) is 4.09. The summed E-state index contributed by atoms with van der Waals surface area (Å²) >= 11 is 5.95. The zero-order chi connectivity index (χ0) is 17.5. The maximum atomic E-state index is 12.4. The molecule has 0 aliphatic heterocycles. The van der Waals surface area contributed by atoms with E-state index < -0.39 is 5.97 Å². The summed E-state index contributed by atoms with van der Waals surface area (Å²) in [7, 11) is 0. The van der Waals surface area contributed by atoms with E-state index in [-0.39, 0.29) is 5.91 Å². The average molecular weight is 346 g/mol. The highest BCUT2D eigenvalue weighted by Gasteiger charge is 2.13. The third kappa shape index (κ3) is 4.86. The Morgan fingerprint density at radius 2 is 1.92 bits per heavy atom. The summed E-state index contributed by atoms with van der Waals surface area (Å²) in [6.07, 6.45) is 2.52. The van der Waals surface area contributed by atoms with Crippen molar-refractivity contribution in [1.82, 2.24) is 0 Å². The number of halogens is 1. The maximum absolute atomic E-state index is 12.4. The minimum atomic E-state index is -1.02. The zero-order valence-electron chi connectivity index (χ0n) is 13.0. The molecule has 0 unspecified atom stereocenters. The molecule has 0 fully saturated rings. The van der Waals surface area contributed by atoms with Gasteiger partial charge in [0.25, 0.3) is 5.91 Å². The summed E-state index contributed by atoms with van der Waals surface area (Å²) in [5.41, 5.74) is 1.64. The number of ether oxygens (including phenoxy) is 1. The molecule has 0 radical (unpaired) electrons. The lowest BCUT2D eigenvalue weighted by molar-refractivity contribution is -0.131. The number of carbonyl (C=O) groups excluding carboxylic acids is 1. The molecule has 1 amide bonds. The van der Waals surface area contributed by atoms with Crippen molar-refractivity contribution in [3.8, 4) is 5.75 Å². The number of amides is 1. The molecule has 6 heteroatoms. The first kappa shape index (κ1) is 17.6. The van der Waals surface area contributed by atoms with Crippen LogP contribution in [0, 0.1) is 0 Å². The van der Waals surface area contributed by atoms with E-state index in [0.29, 0.717) is 34.2 Å². The highest BCUT2D eigenvalue weighted by atomic mass is 35.5. The summed E-state index contributed by atoms with van der Waals surface area (Å²) in [5, 5.41) is 11.8. The van der Waals surface area contributed by atoms with Crippen LogP contribution in [0.3, 0.4) is 0 Å². The van der Waals surface area contributed by atoms with E-state index in [9.17, 15) is 9.59 Å². The van der Waals surface area contributed by atoms with Gasteiger partial charge in [-0.25, -0.2) is 4.79 Å². The monoisotopic (exact) mass is 345 g/mol. The van der Waals surface area contributed by atoms with Crippen LogP contribution < -0.4 is 10.1 Å². The SMILES string of the molecule is CCOc1ccc(Cl)cc1C(=O)Nc1ccc(C=CC(=O)O)cc1. The van der Waals surface area contributed by atoms with Crippen molar-refractivity contribution >= 4 is 35.2 Å². The molecule has 2 aromatic rings. The first-order valence-corrected chi connectivity index (χ1v) is 7.62. The van der Waals surface area contributed by atoms with Crippen molar-refractivity contribution in [3.05, 3.63) is 64.7 Å². The lowest BCUT2D eigenvalue weighted by atomic mass is 10.1. The molecular formula is C18H16ClNO4. The van der Waals surface area contributed by atoms with Crippen LogP contribution in [-0.2, 0) is 4.79 Å². The second kappa shape index (κ2) is 8.17. The number of carboxylic acids is 1. The summed E-state index contributed by atoms with van der Waals surface area (Å²) in [4.78, 5) is 22.9. The minimum absolute atomic E-state index is 0.338. The quantitative estimate of drug-likeness (QED) is 0.773. The fourth-order valence-corrected chi connectivity index (χ4v) is 2.18. The Labute approximate surface area is 144 Å². The molecule has 124 valence electrons. The highest BCUT2D eigenvalue weighted by Crippen LogP contribution is 2.24. The number of benzene rings is 2. The first-order chi connectivity index (χ1) is 11.5. The number of carbonyl (C=O) groups is 2. The molecule has 2 aromatic carbocycles. The van der Waals surface area contributed by atoms with Gasteiger partial charge in [-0.3, -0.25) is 4.79 Å². The third-order valence-corrected chi connectivity index (χ3v) is 3.31. The smallest absolute Gasteiger partial charge is 0.328 e. The highest BCUT2D eigenvalue weighted by molar-refractivity contribution is 6.31. The van der Waals surface area contributed by atoms with E-state index in [1.807, 2.05) is 6.92 Å². The van der Waals surface area contributed by atoms with Crippen molar-refractivity contribution in [3.63, 3.8) is 0 Å². The molecule has 0 bridgehead atoms. The van der Waals surface area contributed by atoms with Crippen molar-refractivity contribution in [1.29, 1.82) is 0 Å². The number of carboxylic acid groups (broad SMARTS) is 1. The van der Waals surface area contributed by atoms with Crippen LogP contribution in [0.2, 0.25) is 5.02 Å². The van der Waals surface area contributed by atoms with Crippen molar-refractivity contribution in [2.24, 2.45) is 0 Å². The molecule has 5 nitrogen and oxygen atoms in total. The summed E-state index contributed by atoms with van der Waals surface area (Å²) < 4.78 is 5.44. The van der Waals surface area contributed by atoms with Crippen LogP contribution in [0.15, 0.2) is 48.5 Å². The van der Waals surface area contributed by atoms with Gasteiger partial charge < -0.3 is 15.2 Å². The molecule has 0 aromatic heterocycles. The fraction of sp³-hybridized carbons (Fsp3) is 0.111. The molecule has 0 aliphatic carbocycles. The predicted molar refractivity (Wildman–Crippen MR) is 93.7 cm³/mol. The Morgan fingerprint density at radius 3 is 2.54 bits per heavy atom. The van der Waals surface area contributed by atoms with Gasteiger partial charge in [0.05, 0.1) is 12.2 Å². The van der Waals surface area contributed by atoms with Crippen LogP contribution in [0.1, 0.15) is 22.8 Å². The minimum Gasteiger partial charge on any atom is -0.493 e. The second-order valence-electron chi connectivity index (χ2n) is 4.82. The summed E-state index contributed by atoms with van der Waals surface area (Å²) in [6.45, 7) is 2.27. The molecule has 24 heavy (non-hydrogen) atoms. The van der Waals surface area contributed by atoms with Crippen LogP contribution in [0.5, 0.6) is 5.75 Å². The molecule has 0 saturated heterocycles. The number of rotatable bonds is 6. The van der Waals surface area contributed by atoms with E-state index >= 15 is 0 Å². The van der Waals surface area contributed by atoms with E-state index in [4.69, 9.17) is 21.4 Å². The van der Waals surface area contributed by atoms with Gasteiger partial charge in [-0.2, -0.15) is 0 Å². The molecule has 0 atom stereocenters. The van der Waals surface area contributed by atoms with Crippen LogP contribution in [0.25, 0.3) is 6.08 Å². The van der Waals surface area contributed by atoms with Gasteiger partial charge >= 0.3 is 5.97 Å². The number of nitrogens with one attached hydrogen (secondary N) is 1. The van der Waals surface area contributed by atoms with Gasteiger partial charge in [0.2, 0.25) is 0 Å². The number of hydrogen-bond donors (Lipinski definition) is 2. The fourth-order valence-electron chi connectivity index (χ4n) is 2.00.